The van der Waals surface area contributed by atoms with Gasteiger partial charge in [0.1, 0.15) is 0 Å². The molecule has 0 unspecified atom stereocenters. The molecule has 2 rings (SSSR count). The number of alkyl halides is 2. The van der Waals surface area contributed by atoms with E-state index in [4.69, 9.17) is 9.47 Å². The highest BCUT2D eigenvalue weighted by molar-refractivity contribution is 6.08. The fourth-order valence-electron chi connectivity index (χ4n) is 2.05. The lowest BCUT2D eigenvalue weighted by Crippen LogP contribution is -2.27. The van der Waals surface area contributed by atoms with E-state index in [1.54, 1.807) is 12.1 Å². The third kappa shape index (κ3) is 3.70. The Bertz CT molecular complexity index is 708. The Hall–Kier alpha value is -2.90. The number of methoxy groups -OCH3 is 2. The summed E-state index contributed by atoms with van der Waals surface area (Å²) in [4.78, 5) is 17.9. The Morgan fingerprint density at radius 1 is 1.17 bits per heavy atom. The SMILES string of the molecule is COc1ccc(N(C)C(=O)c2cccc(OC)c2OC(F)F)cn1. The predicted molar refractivity (Wildman–Crippen MR) is 83.1 cm³/mol. The summed E-state index contributed by atoms with van der Waals surface area (Å²) in [5.41, 5.74) is 0.416. The second-order valence-electron chi connectivity index (χ2n) is 4.64. The van der Waals surface area contributed by atoms with Crippen molar-refractivity contribution >= 4 is 11.6 Å². The Morgan fingerprint density at radius 2 is 1.92 bits per heavy atom. The maximum Gasteiger partial charge on any atom is 0.387 e. The van der Waals surface area contributed by atoms with Crippen LogP contribution in [0.3, 0.4) is 0 Å². The number of nitrogens with zero attached hydrogens (tertiary/aromatic N) is 2. The van der Waals surface area contributed by atoms with Gasteiger partial charge in [0.15, 0.2) is 11.5 Å². The highest BCUT2D eigenvalue weighted by atomic mass is 19.3. The molecule has 6 nitrogen and oxygen atoms in total. The van der Waals surface area contributed by atoms with Crippen molar-refractivity contribution in [2.75, 3.05) is 26.2 Å². The van der Waals surface area contributed by atoms with Crippen molar-refractivity contribution in [3.05, 3.63) is 42.1 Å². The Balaban J connectivity index is 2.37. The van der Waals surface area contributed by atoms with Gasteiger partial charge in [0, 0.05) is 13.1 Å². The number of hydrogen-bond acceptors (Lipinski definition) is 5. The molecule has 0 fully saturated rings. The Morgan fingerprint density at radius 3 is 2.46 bits per heavy atom. The van der Waals surface area contributed by atoms with Crippen molar-refractivity contribution in [3.63, 3.8) is 0 Å². The van der Waals surface area contributed by atoms with Crippen LogP contribution in [0.4, 0.5) is 14.5 Å². The van der Waals surface area contributed by atoms with Crippen LogP contribution in [0.2, 0.25) is 0 Å². The highest BCUT2D eigenvalue weighted by Gasteiger charge is 2.23. The van der Waals surface area contributed by atoms with E-state index >= 15 is 0 Å². The van der Waals surface area contributed by atoms with Gasteiger partial charge in [-0.15, -0.1) is 0 Å². The fourth-order valence-corrected chi connectivity index (χ4v) is 2.05. The molecular formula is C16H16F2N2O4. The van der Waals surface area contributed by atoms with Crippen molar-refractivity contribution in [2.45, 2.75) is 6.61 Å². The zero-order valence-corrected chi connectivity index (χ0v) is 13.3. The number of rotatable bonds is 6. The lowest BCUT2D eigenvalue weighted by atomic mass is 10.1. The minimum atomic E-state index is -3.08. The molecule has 0 N–H and O–H groups in total. The molecule has 0 aliphatic carbocycles. The summed E-state index contributed by atoms with van der Waals surface area (Å²) >= 11 is 0. The first-order valence-corrected chi connectivity index (χ1v) is 6.87. The third-order valence-corrected chi connectivity index (χ3v) is 3.26. The lowest BCUT2D eigenvalue weighted by Gasteiger charge is -2.20. The van der Waals surface area contributed by atoms with Crippen LogP contribution in [-0.2, 0) is 0 Å². The number of hydrogen-bond donors (Lipinski definition) is 0. The van der Waals surface area contributed by atoms with Gasteiger partial charge in [0.2, 0.25) is 5.88 Å². The van der Waals surface area contributed by atoms with Crippen molar-refractivity contribution in [3.8, 4) is 17.4 Å². The summed E-state index contributed by atoms with van der Waals surface area (Å²) in [6.07, 6.45) is 1.44. The van der Waals surface area contributed by atoms with Crippen LogP contribution >= 0.6 is 0 Å². The molecule has 8 heteroatoms. The topological polar surface area (TPSA) is 60.9 Å². The standard InChI is InChI=1S/C16H16F2N2O4/c1-20(10-7-8-13(23-3)19-9-10)15(21)11-5-4-6-12(22-2)14(11)24-16(17)18/h4-9,16H,1-3H3. The molecule has 2 aromatic rings. The maximum atomic E-state index is 12.7. The quantitative estimate of drug-likeness (QED) is 0.810. The van der Waals surface area contributed by atoms with E-state index in [1.807, 2.05) is 0 Å². The number of halogens is 2. The lowest BCUT2D eigenvalue weighted by molar-refractivity contribution is -0.0515. The number of carbonyl (C=O) groups excluding carboxylic acids is 1. The summed E-state index contributed by atoms with van der Waals surface area (Å²) < 4.78 is 39.7. The number of benzene rings is 1. The Labute approximate surface area is 137 Å². The Kier molecular flexibility index (Phi) is 5.51. The van der Waals surface area contributed by atoms with Gasteiger partial charge in [-0.2, -0.15) is 8.78 Å². The van der Waals surface area contributed by atoms with Crippen LogP contribution in [0, 0.1) is 0 Å². The minimum Gasteiger partial charge on any atom is -0.493 e. The second-order valence-corrected chi connectivity index (χ2v) is 4.64. The maximum absolute atomic E-state index is 12.7. The summed E-state index contributed by atoms with van der Waals surface area (Å²) in [7, 11) is 4.28. The number of ether oxygens (including phenoxy) is 3. The minimum absolute atomic E-state index is 0.0439. The molecule has 0 saturated carbocycles. The van der Waals surface area contributed by atoms with E-state index < -0.39 is 12.5 Å². The average molecular weight is 338 g/mol. The predicted octanol–water partition coefficient (Wildman–Crippen LogP) is 2.98. The molecule has 0 radical (unpaired) electrons. The molecule has 0 aliphatic heterocycles. The van der Waals surface area contributed by atoms with Gasteiger partial charge in [0.25, 0.3) is 5.91 Å². The molecule has 128 valence electrons. The summed E-state index contributed by atoms with van der Waals surface area (Å²) in [6, 6.07) is 7.54. The molecule has 1 aromatic heterocycles. The van der Waals surface area contributed by atoms with Gasteiger partial charge in [-0.3, -0.25) is 4.79 Å². The zero-order chi connectivity index (χ0) is 17.7. The molecule has 1 aromatic carbocycles. The summed E-state index contributed by atoms with van der Waals surface area (Å²) in [6.45, 7) is -3.08. The van der Waals surface area contributed by atoms with Crippen molar-refractivity contribution in [2.24, 2.45) is 0 Å². The second kappa shape index (κ2) is 7.58. The van der Waals surface area contributed by atoms with Crippen LogP contribution in [0.25, 0.3) is 0 Å². The molecule has 1 heterocycles. The molecular weight excluding hydrogens is 322 g/mol. The number of carbonyl (C=O) groups is 1. The van der Waals surface area contributed by atoms with Crippen molar-refractivity contribution in [1.82, 2.24) is 4.98 Å². The van der Waals surface area contributed by atoms with Gasteiger partial charge >= 0.3 is 6.61 Å². The number of aromatic nitrogens is 1. The van der Waals surface area contributed by atoms with E-state index in [0.29, 0.717) is 11.6 Å². The molecule has 0 bridgehead atoms. The first kappa shape index (κ1) is 17.5. The first-order valence-electron chi connectivity index (χ1n) is 6.87. The van der Waals surface area contributed by atoms with Gasteiger partial charge < -0.3 is 19.1 Å². The zero-order valence-electron chi connectivity index (χ0n) is 13.3. The molecule has 0 saturated heterocycles. The number of para-hydroxylation sites is 1. The van der Waals surface area contributed by atoms with Gasteiger partial charge in [-0.1, -0.05) is 6.07 Å². The van der Waals surface area contributed by atoms with Crippen LogP contribution in [-0.4, -0.2) is 38.8 Å². The van der Waals surface area contributed by atoms with E-state index in [-0.39, 0.29) is 17.1 Å². The van der Waals surface area contributed by atoms with Crippen LogP contribution < -0.4 is 19.1 Å². The molecule has 0 aliphatic rings. The van der Waals surface area contributed by atoms with Crippen LogP contribution in [0.5, 0.6) is 17.4 Å². The third-order valence-electron chi connectivity index (χ3n) is 3.26. The average Bonchev–Trinajstić information content (AvgIpc) is 2.60. The molecule has 24 heavy (non-hydrogen) atoms. The van der Waals surface area contributed by atoms with Crippen LogP contribution in [0.1, 0.15) is 10.4 Å². The first-order chi connectivity index (χ1) is 11.5. The fraction of sp³-hybridized carbons (Fsp3) is 0.250. The number of amides is 1. The highest BCUT2D eigenvalue weighted by Crippen LogP contribution is 2.33. The number of anilines is 1. The van der Waals surface area contributed by atoms with E-state index in [2.05, 4.69) is 9.72 Å². The molecule has 1 amide bonds. The van der Waals surface area contributed by atoms with Crippen molar-refractivity contribution < 1.29 is 27.8 Å². The smallest absolute Gasteiger partial charge is 0.387 e. The van der Waals surface area contributed by atoms with E-state index in [0.717, 1.165) is 0 Å². The van der Waals surface area contributed by atoms with E-state index in [1.165, 1.54) is 50.6 Å². The molecule has 0 atom stereocenters. The van der Waals surface area contributed by atoms with Crippen LogP contribution in [0.15, 0.2) is 36.5 Å². The van der Waals surface area contributed by atoms with Gasteiger partial charge in [0.05, 0.1) is 31.7 Å². The monoisotopic (exact) mass is 338 g/mol. The van der Waals surface area contributed by atoms with Gasteiger partial charge in [-0.05, 0) is 18.2 Å². The number of pyridine rings is 1. The van der Waals surface area contributed by atoms with E-state index in [9.17, 15) is 13.6 Å². The summed E-state index contributed by atoms with van der Waals surface area (Å²) in [5.74, 6) is -0.421. The van der Waals surface area contributed by atoms with Crippen molar-refractivity contribution in [1.29, 1.82) is 0 Å². The largest absolute Gasteiger partial charge is 0.493 e. The molecule has 0 spiro atoms. The summed E-state index contributed by atoms with van der Waals surface area (Å²) in [5, 5.41) is 0. The van der Waals surface area contributed by atoms with Gasteiger partial charge in [-0.25, -0.2) is 4.98 Å². The normalized spacial score (nSPS) is 10.4.